The molecule has 3 aliphatic heterocycles. The van der Waals surface area contributed by atoms with Crippen LogP contribution in [0.1, 0.15) is 36.0 Å². The molecular weight excluding hydrogens is 345 g/mol. The van der Waals surface area contributed by atoms with Gasteiger partial charge in [-0.15, -0.1) is 0 Å². The zero-order valence-corrected chi connectivity index (χ0v) is 15.8. The van der Waals surface area contributed by atoms with E-state index in [9.17, 15) is 9.18 Å². The first-order valence-corrected chi connectivity index (χ1v) is 10.3. The highest BCUT2D eigenvalue weighted by atomic mass is 19.1. The Kier molecular flexibility index (Phi) is 4.45. The number of hydrogen-bond donors (Lipinski definition) is 0. The topological polar surface area (TPSA) is 36.0 Å². The van der Waals surface area contributed by atoms with Crippen molar-refractivity contribution in [2.45, 2.75) is 43.3 Å². The van der Waals surface area contributed by atoms with Crippen LogP contribution in [0, 0.1) is 5.82 Å². The van der Waals surface area contributed by atoms with Crippen molar-refractivity contribution in [2.75, 3.05) is 45.9 Å². The largest absolute Gasteiger partial charge is 0.378 e. The predicted octanol–water partition coefficient (Wildman–Crippen LogP) is 1.98. The van der Waals surface area contributed by atoms with Gasteiger partial charge in [-0.25, -0.2) is 4.39 Å². The van der Waals surface area contributed by atoms with Crippen molar-refractivity contribution >= 4 is 5.91 Å². The van der Waals surface area contributed by atoms with Gasteiger partial charge in [0.05, 0.1) is 30.4 Å². The number of likely N-dealkylation sites (tertiary alicyclic amines) is 1. The molecule has 1 aromatic carbocycles. The van der Waals surface area contributed by atoms with Crippen LogP contribution < -0.4 is 0 Å². The molecule has 1 spiro atoms. The van der Waals surface area contributed by atoms with Gasteiger partial charge in [0.2, 0.25) is 0 Å². The number of carbonyl (C=O) groups excluding carboxylic acids is 1. The summed E-state index contributed by atoms with van der Waals surface area (Å²) in [5.41, 5.74) is 0.195. The second-order valence-corrected chi connectivity index (χ2v) is 8.66. The summed E-state index contributed by atoms with van der Waals surface area (Å²) in [6.45, 7) is 5.72. The van der Waals surface area contributed by atoms with Gasteiger partial charge >= 0.3 is 0 Å². The van der Waals surface area contributed by atoms with Gasteiger partial charge in [-0.2, -0.15) is 0 Å². The van der Waals surface area contributed by atoms with Crippen molar-refractivity contribution in [1.29, 1.82) is 0 Å². The fourth-order valence-corrected chi connectivity index (χ4v) is 5.67. The summed E-state index contributed by atoms with van der Waals surface area (Å²) in [5, 5.41) is 0. The number of halogens is 1. The van der Waals surface area contributed by atoms with Crippen molar-refractivity contribution in [3.05, 3.63) is 35.6 Å². The highest BCUT2D eigenvalue weighted by molar-refractivity contribution is 5.94. The molecule has 1 aromatic rings. The summed E-state index contributed by atoms with van der Waals surface area (Å²) >= 11 is 0. The molecule has 5 rings (SSSR count). The number of amides is 1. The summed E-state index contributed by atoms with van der Waals surface area (Å²) in [5.74, 6) is -0.614. The molecule has 3 saturated heterocycles. The number of ether oxygens (including phenoxy) is 1. The van der Waals surface area contributed by atoms with Crippen LogP contribution in [0.25, 0.3) is 0 Å². The van der Waals surface area contributed by atoms with Crippen molar-refractivity contribution < 1.29 is 13.9 Å². The lowest BCUT2D eigenvalue weighted by Crippen LogP contribution is -2.81. The lowest BCUT2D eigenvalue weighted by Gasteiger charge is -2.64. The highest BCUT2D eigenvalue weighted by Crippen LogP contribution is 2.39. The summed E-state index contributed by atoms with van der Waals surface area (Å²) in [6, 6.07) is 7.26. The predicted molar refractivity (Wildman–Crippen MR) is 100 cm³/mol. The quantitative estimate of drug-likeness (QED) is 0.794. The molecule has 0 N–H and O–H groups in total. The number of carbonyl (C=O) groups is 1. The lowest BCUT2D eigenvalue weighted by atomic mass is 9.81. The van der Waals surface area contributed by atoms with Crippen LogP contribution in [-0.2, 0) is 4.74 Å². The molecular formula is C21H28FN3O2. The SMILES string of the molecule is O=C(c1ccccc1F)N1C[C@@H]2COCCN2C2(C1)CN(C1CCCC1)C2. The van der Waals surface area contributed by atoms with Crippen LogP contribution >= 0.6 is 0 Å². The first-order valence-electron chi connectivity index (χ1n) is 10.3. The molecule has 3 heterocycles. The van der Waals surface area contributed by atoms with E-state index in [2.05, 4.69) is 9.80 Å². The van der Waals surface area contributed by atoms with E-state index in [4.69, 9.17) is 4.74 Å². The van der Waals surface area contributed by atoms with E-state index < -0.39 is 5.82 Å². The maximum absolute atomic E-state index is 14.2. The first-order chi connectivity index (χ1) is 13.2. The van der Waals surface area contributed by atoms with E-state index in [1.807, 2.05) is 4.90 Å². The zero-order chi connectivity index (χ0) is 18.4. The summed E-state index contributed by atoms with van der Waals surface area (Å²) in [4.78, 5) is 20.1. The smallest absolute Gasteiger partial charge is 0.256 e. The van der Waals surface area contributed by atoms with Gasteiger partial charge in [-0.05, 0) is 25.0 Å². The average Bonchev–Trinajstić information content (AvgIpc) is 3.19. The number of morpholine rings is 1. The first kappa shape index (κ1) is 17.6. The van der Waals surface area contributed by atoms with Crippen molar-refractivity contribution in [1.82, 2.24) is 14.7 Å². The molecule has 5 nitrogen and oxygen atoms in total. The number of fused-ring (bicyclic) bond motifs is 2. The van der Waals surface area contributed by atoms with Gasteiger partial charge in [-0.3, -0.25) is 14.6 Å². The summed E-state index contributed by atoms with van der Waals surface area (Å²) < 4.78 is 19.9. The van der Waals surface area contributed by atoms with Crippen LogP contribution in [0.2, 0.25) is 0 Å². The number of rotatable bonds is 2. The van der Waals surface area contributed by atoms with E-state index in [0.717, 1.165) is 26.2 Å². The van der Waals surface area contributed by atoms with Crippen LogP contribution in [0.15, 0.2) is 24.3 Å². The third kappa shape index (κ3) is 2.98. The Morgan fingerprint density at radius 1 is 1.11 bits per heavy atom. The number of piperazine rings is 1. The minimum Gasteiger partial charge on any atom is -0.378 e. The number of benzene rings is 1. The number of hydrogen-bond acceptors (Lipinski definition) is 4. The maximum atomic E-state index is 14.2. The number of nitrogens with zero attached hydrogens (tertiary/aromatic N) is 3. The molecule has 1 aliphatic carbocycles. The van der Waals surface area contributed by atoms with Crippen molar-refractivity contribution in [3.8, 4) is 0 Å². The van der Waals surface area contributed by atoms with E-state index >= 15 is 0 Å². The lowest BCUT2D eigenvalue weighted by molar-refractivity contribution is -0.165. The minimum absolute atomic E-state index is 0.0101. The van der Waals surface area contributed by atoms with Crippen molar-refractivity contribution in [3.63, 3.8) is 0 Å². The van der Waals surface area contributed by atoms with Crippen LogP contribution in [0.3, 0.4) is 0 Å². The second kappa shape index (κ2) is 6.83. The van der Waals surface area contributed by atoms with Crippen molar-refractivity contribution in [2.24, 2.45) is 0 Å². The zero-order valence-electron chi connectivity index (χ0n) is 15.8. The Bertz CT molecular complexity index is 715. The minimum atomic E-state index is -0.430. The highest BCUT2D eigenvalue weighted by Gasteiger charge is 2.56. The van der Waals surface area contributed by atoms with Gasteiger partial charge in [0.1, 0.15) is 5.82 Å². The van der Waals surface area contributed by atoms with E-state index in [-0.39, 0.29) is 23.1 Å². The third-order valence-corrected chi connectivity index (χ3v) is 6.98. The van der Waals surface area contributed by atoms with E-state index in [0.29, 0.717) is 25.7 Å². The molecule has 4 aliphatic rings. The molecule has 0 unspecified atom stereocenters. The molecule has 0 bridgehead atoms. The van der Waals surface area contributed by atoms with Gasteiger partial charge in [0, 0.05) is 38.8 Å². The Morgan fingerprint density at radius 3 is 2.67 bits per heavy atom. The van der Waals surface area contributed by atoms with Crippen LogP contribution in [0.5, 0.6) is 0 Å². The Labute approximate surface area is 160 Å². The molecule has 146 valence electrons. The molecule has 6 heteroatoms. The van der Waals surface area contributed by atoms with Crippen LogP contribution in [-0.4, -0.2) is 84.2 Å². The van der Waals surface area contributed by atoms with Gasteiger partial charge in [0.15, 0.2) is 0 Å². The Hall–Kier alpha value is -1.50. The standard InChI is InChI=1S/C21H28FN3O2/c22-19-8-4-3-7-18(19)20(26)23-11-17-12-27-10-9-25(17)21(13-23)14-24(15-21)16-5-1-2-6-16/h3-4,7-8,16-17H,1-2,5-6,9-15H2/t17-/m1/s1. The van der Waals surface area contributed by atoms with Gasteiger partial charge < -0.3 is 9.64 Å². The summed E-state index contributed by atoms with van der Waals surface area (Å²) in [7, 11) is 0. The molecule has 0 aromatic heterocycles. The Balaban J connectivity index is 1.37. The maximum Gasteiger partial charge on any atom is 0.256 e. The third-order valence-electron chi connectivity index (χ3n) is 6.98. The molecule has 4 fully saturated rings. The normalized spacial score (nSPS) is 28.9. The Morgan fingerprint density at radius 2 is 1.89 bits per heavy atom. The average molecular weight is 373 g/mol. The molecule has 1 atom stereocenters. The molecule has 1 amide bonds. The second-order valence-electron chi connectivity index (χ2n) is 8.66. The van der Waals surface area contributed by atoms with Gasteiger partial charge in [0.25, 0.3) is 5.91 Å². The van der Waals surface area contributed by atoms with E-state index in [1.54, 1.807) is 18.2 Å². The molecule has 0 radical (unpaired) electrons. The fourth-order valence-electron chi connectivity index (χ4n) is 5.67. The van der Waals surface area contributed by atoms with Gasteiger partial charge in [-0.1, -0.05) is 25.0 Å². The summed E-state index contributed by atoms with van der Waals surface area (Å²) in [6.07, 6.45) is 5.29. The fraction of sp³-hybridized carbons (Fsp3) is 0.667. The molecule has 27 heavy (non-hydrogen) atoms. The monoisotopic (exact) mass is 373 g/mol. The van der Waals surface area contributed by atoms with E-state index in [1.165, 1.54) is 31.7 Å². The van der Waals surface area contributed by atoms with Crippen LogP contribution in [0.4, 0.5) is 4.39 Å². The molecule has 1 saturated carbocycles.